The number of aromatic hydroxyl groups is 1. The van der Waals surface area contributed by atoms with Gasteiger partial charge in [-0.3, -0.25) is 0 Å². The maximum Gasteiger partial charge on any atom is 0.252 e. The van der Waals surface area contributed by atoms with Crippen LogP contribution in [-0.4, -0.2) is 16.3 Å². The Balaban J connectivity index is 2.15. The number of rotatable bonds is 4. The summed E-state index contributed by atoms with van der Waals surface area (Å²) < 4.78 is 5.32. The first-order chi connectivity index (χ1) is 9.60. The summed E-state index contributed by atoms with van der Waals surface area (Å²) >= 11 is 0. The van der Waals surface area contributed by atoms with E-state index in [0.29, 0.717) is 11.1 Å². The largest absolute Gasteiger partial charge is 0.508 e. The van der Waals surface area contributed by atoms with Crippen LogP contribution >= 0.6 is 0 Å². The third kappa shape index (κ3) is 3.03. The molecule has 0 fully saturated rings. The van der Waals surface area contributed by atoms with Crippen molar-refractivity contribution in [3.05, 3.63) is 48.0 Å². The Morgan fingerprint density at radius 3 is 3.05 bits per heavy atom. The Bertz CT molecular complexity index is 710. The second kappa shape index (κ2) is 5.71. The number of oxazole rings is 1. The van der Waals surface area contributed by atoms with Crippen LogP contribution in [0, 0.1) is 11.3 Å². The molecule has 0 bridgehead atoms. The molecule has 0 saturated heterocycles. The van der Waals surface area contributed by atoms with Crippen LogP contribution < -0.4 is 5.43 Å². The zero-order valence-corrected chi connectivity index (χ0v) is 10.8. The number of phenols is 1. The highest BCUT2D eigenvalue weighted by Crippen LogP contribution is 2.20. The highest BCUT2D eigenvalue weighted by Gasteiger charge is 2.12. The standard InChI is InChI=1S/C14H12N4O2/c1-9(2)13-17-12(7-15)14(20-13)18-16-8-10-4-3-5-11(19)6-10/h3-6,8,18-19H,1H2,2H3. The molecular weight excluding hydrogens is 256 g/mol. The summed E-state index contributed by atoms with van der Waals surface area (Å²) in [6.07, 6.45) is 1.49. The quantitative estimate of drug-likeness (QED) is 0.656. The highest BCUT2D eigenvalue weighted by molar-refractivity contribution is 5.80. The van der Waals surface area contributed by atoms with Crippen molar-refractivity contribution in [2.75, 3.05) is 5.43 Å². The number of nitriles is 1. The number of phenolic OH excluding ortho intramolecular Hbond substituents is 1. The van der Waals surface area contributed by atoms with E-state index >= 15 is 0 Å². The van der Waals surface area contributed by atoms with Crippen molar-refractivity contribution in [2.45, 2.75) is 6.92 Å². The van der Waals surface area contributed by atoms with E-state index in [1.807, 2.05) is 6.07 Å². The molecule has 6 nitrogen and oxygen atoms in total. The Morgan fingerprint density at radius 1 is 1.60 bits per heavy atom. The van der Waals surface area contributed by atoms with Gasteiger partial charge in [-0.25, -0.2) is 5.43 Å². The summed E-state index contributed by atoms with van der Waals surface area (Å²) in [6, 6.07) is 8.49. The summed E-state index contributed by atoms with van der Waals surface area (Å²) in [5.74, 6) is 0.592. The van der Waals surface area contributed by atoms with Crippen LogP contribution in [0.5, 0.6) is 5.75 Å². The number of anilines is 1. The Labute approximate surface area is 115 Å². The van der Waals surface area contributed by atoms with Gasteiger partial charge in [0.1, 0.15) is 11.8 Å². The van der Waals surface area contributed by atoms with E-state index in [-0.39, 0.29) is 23.2 Å². The minimum Gasteiger partial charge on any atom is -0.508 e. The normalized spacial score (nSPS) is 10.4. The molecule has 2 aromatic rings. The molecule has 2 rings (SSSR count). The molecule has 6 heteroatoms. The number of allylic oxidation sites excluding steroid dienone is 1. The van der Waals surface area contributed by atoms with Gasteiger partial charge in [-0.2, -0.15) is 15.3 Å². The Kier molecular flexibility index (Phi) is 3.82. The van der Waals surface area contributed by atoms with Crippen LogP contribution in [-0.2, 0) is 0 Å². The smallest absolute Gasteiger partial charge is 0.252 e. The van der Waals surface area contributed by atoms with Crippen LogP contribution in [0.3, 0.4) is 0 Å². The lowest BCUT2D eigenvalue weighted by atomic mass is 10.2. The molecular formula is C14H12N4O2. The number of nitrogens with zero attached hydrogens (tertiary/aromatic N) is 3. The predicted molar refractivity (Wildman–Crippen MR) is 75.2 cm³/mol. The van der Waals surface area contributed by atoms with Crippen molar-refractivity contribution in [3.63, 3.8) is 0 Å². The van der Waals surface area contributed by atoms with Crippen LogP contribution in [0.15, 0.2) is 40.4 Å². The fourth-order valence-corrected chi connectivity index (χ4v) is 1.42. The van der Waals surface area contributed by atoms with Crippen molar-refractivity contribution in [1.29, 1.82) is 5.26 Å². The highest BCUT2D eigenvalue weighted by atomic mass is 16.4. The average Bonchev–Trinajstić information content (AvgIpc) is 2.82. The molecule has 0 unspecified atom stereocenters. The predicted octanol–water partition coefficient (Wildman–Crippen LogP) is 2.73. The Hall–Kier alpha value is -3.07. The van der Waals surface area contributed by atoms with Gasteiger partial charge in [0.2, 0.25) is 11.6 Å². The molecule has 0 aliphatic carbocycles. The van der Waals surface area contributed by atoms with Gasteiger partial charge in [0.05, 0.1) is 6.21 Å². The maximum absolute atomic E-state index is 9.31. The number of aromatic nitrogens is 1. The van der Waals surface area contributed by atoms with Gasteiger partial charge in [0.15, 0.2) is 0 Å². The third-order valence-electron chi connectivity index (χ3n) is 2.35. The van der Waals surface area contributed by atoms with E-state index in [1.165, 1.54) is 6.21 Å². The van der Waals surface area contributed by atoms with Gasteiger partial charge in [0.25, 0.3) is 5.88 Å². The summed E-state index contributed by atoms with van der Waals surface area (Å²) in [6.45, 7) is 5.42. The van der Waals surface area contributed by atoms with E-state index in [4.69, 9.17) is 9.68 Å². The number of benzene rings is 1. The minimum absolute atomic E-state index is 0.107. The van der Waals surface area contributed by atoms with Gasteiger partial charge >= 0.3 is 0 Å². The number of hydrogen-bond acceptors (Lipinski definition) is 6. The third-order valence-corrected chi connectivity index (χ3v) is 2.35. The van der Waals surface area contributed by atoms with E-state index in [0.717, 1.165) is 0 Å². The van der Waals surface area contributed by atoms with Crippen LogP contribution in [0.25, 0.3) is 5.57 Å². The molecule has 0 atom stereocenters. The van der Waals surface area contributed by atoms with Crippen molar-refractivity contribution in [2.24, 2.45) is 5.10 Å². The number of hydrogen-bond donors (Lipinski definition) is 2. The molecule has 1 aromatic carbocycles. The van der Waals surface area contributed by atoms with Crippen LogP contribution in [0.2, 0.25) is 0 Å². The first-order valence-electron chi connectivity index (χ1n) is 5.75. The van der Waals surface area contributed by atoms with Crippen molar-refractivity contribution in [3.8, 4) is 11.8 Å². The topological polar surface area (TPSA) is 94.4 Å². The first kappa shape index (κ1) is 13.4. The van der Waals surface area contributed by atoms with Gasteiger partial charge in [0, 0.05) is 5.57 Å². The average molecular weight is 268 g/mol. The zero-order chi connectivity index (χ0) is 14.5. The van der Waals surface area contributed by atoms with E-state index in [9.17, 15) is 5.11 Å². The molecule has 2 N–H and O–H groups in total. The van der Waals surface area contributed by atoms with Gasteiger partial charge in [-0.1, -0.05) is 18.7 Å². The van der Waals surface area contributed by atoms with Crippen LogP contribution in [0.1, 0.15) is 24.1 Å². The molecule has 0 aliphatic heterocycles. The first-order valence-corrected chi connectivity index (χ1v) is 5.75. The zero-order valence-electron chi connectivity index (χ0n) is 10.8. The monoisotopic (exact) mass is 268 g/mol. The SMILES string of the molecule is C=C(C)c1nc(C#N)c(NN=Cc2cccc(O)c2)o1. The molecule has 20 heavy (non-hydrogen) atoms. The second-order valence-corrected chi connectivity index (χ2v) is 4.05. The molecule has 0 radical (unpaired) electrons. The second-order valence-electron chi connectivity index (χ2n) is 4.05. The molecule has 1 heterocycles. The maximum atomic E-state index is 9.31. The number of hydrazone groups is 1. The van der Waals surface area contributed by atoms with Gasteiger partial charge < -0.3 is 9.52 Å². The molecule has 0 aliphatic rings. The molecule has 100 valence electrons. The van der Waals surface area contributed by atoms with Gasteiger partial charge in [-0.05, 0) is 24.6 Å². The van der Waals surface area contributed by atoms with Crippen molar-refractivity contribution in [1.82, 2.24) is 4.98 Å². The van der Waals surface area contributed by atoms with Crippen LogP contribution in [0.4, 0.5) is 5.88 Å². The van der Waals surface area contributed by atoms with E-state index in [2.05, 4.69) is 22.1 Å². The molecule has 0 saturated carbocycles. The summed E-state index contributed by atoms with van der Waals surface area (Å²) in [4.78, 5) is 3.96. The molecule has 0 spiro atoms. The van der Waals surface area contributed by atoms with E-state index in [1.54, 1.807) is 31.2 Å². The summed E-state index contributed by atoms with van der Waals surface area (Å²) in [7, 11) is 0. The lowest BCUT2D eigenvalue weighted by molar-refractivity contribution is 0.475. The molecule has 1 aromatic heterocycles. The number of nitrogens with one attached hydrogen (secondary N) is 1. The van der Waals surface area contributed by atoms with Gasteiger partial charge in [-0.15, -0.1) is 0 Å². The van der Waals surface area contributed by atoms with Crippen molar-refractivity contribution < 1.29 is 9.52 Å². The Morgan fingerprint density at radius 2 is 2.40 bits per heavy atom. The fraction of sp³-hybridized carbons (Fsp3) is 0.0714. The summed E-state index contributed by atoms with van der Waals surface area (Å²) in [5.41, 5.74) is 4.03. The lowest BCUT2D eigenvalue weighted by Crippen LogP contribution is -1.91. The van der Waals surface area contributed by atoms with E-state index < -0.39 is 0 Å². The lowest BCUT2D eigenvalue weighted by Gasteiger charge is -1.96. The fourth-order valence-electron chi connectivity index (χ4n) is 1.42. The molecule has 0 amide bonds. The van der Waals surface area contributed by atoms with Crippen molar-refractivity contribution >= 4 is 17.7 Å². The minimum atomic E-state index is 0.107. The summed E-state index contributed by atoms with van der Waals surface area (Å²) in [5, 5.41) is 22.2.